The minimum absolute atomic E-state index is 0.0487. The third-order valence-electron chi connectivity index (χ3n) is 8.53. The maximum Gasteiger partial charge on any atom is 0.308 e. The molecule has 1 heterocycles. The lowest BCUT2D eigenvalue weighted by Gasteiger charge is -2.35. The van der Waals surface area contributed by atoms with Crippen LogP contribution in [0.15, 0.2) is 35.7 Å². The van der Waals surface area contributed by atoms with Crippen LogP contribution in [0.4, 0.5) is 0 Å². The number of amides is 3. The molecule has 0 saturated carbocycles. The monoisotopic (exact) mass is 671 g/mol. The maximum atomic E-state index is 13.7. The van der Waals surface area contributed by atoms with Crippen molar-refractivity contribution in [2.45, 2.75) is 104 Å². The summed E-state index contributed by atoms with van der Waals surface area (Å²) in [5, 5.41) is 11.8. The number of ether oxygens (including phenoxy) is 1. The summed E-state index contributed by atoms with van der Waals surface area (Å²) < 4.78 is 4.91. The van der Waals surface area contributed by atoms with Crippen LogP contribution in [0.1, 0.15) is 94.2 Å². The van der Waals surface area contributed by atoms with Gasteiger partial charge in [-0.15, -0.1) is 11.3 Å². The molecule has 2 rings (SSSR count). The highest BCUT2D eigenvalue weighted by atomic mass is 32.1. The highest BCUT2D eigenvalue weighted by molar-refractivity contribution is 7.09. The van der Waals surface area contributed by atoms with Crippen molar-refractivity contribution < 1.29 is 23.9 Å². The summed E-state index contributed by atoms with van der Waals surface area (Å²) in [5.74, 6) is -1.01. The number of carbonyl (C=O) groups is 4. The first-order chi connectivity index (χ1) is 22.4. The zero-order valence-corrected chi connectivity index (χ0v) is 30.5. The Morgan fingerprint density at radius 2 is 1.66 bits per heavy atom. The quantitative estimate of drug-likeness (QED) is 0.126. The van der Waals surface area contributed by atoms with Crippen LogP contribution < -0.4 is 16.0 Å². The van der Waals surface area contributed by atoms with Gasteiger partial charge in [-0.3, -0.25) is 19.2 Å². The predicted octanol–water partition coefficient (Wildman–Crippen LogP) is 5.02. The van der Waals surface area contributed by atoms with Gasteiger partial charge in [0.2, 0.25) is 11.8 Å². The second-order valence-electron chi connectivity index (χ2n) is 13.1. The summed E-state index contributed by atoms with van der Waals surface area (Å²) in [7, 11) is 5.10. The zero-order valence-electron chi connectivity index (χ0n) is 29.6. The Hall–Kier alpha value is -3.31. The van der Waals surface area contributed by atoms with Crippen molar-refractivity contribution >= 4 is 35.0 Å². The summed E-state index contributed by atoms with van der Waals surface area (Å²) in [6.45, 7) is 10.8. The fraction of sp³-hybridized carbons (Fsp3) is 0.639. The van der Waals surface area contributed by atoms with Gasteiger partial charge in [0, 0.05) is 37.4 Å². The Kier molecular flexibility index (Phi) is 17.7. The summed E-state index contributed by atoms with van der Waals surface area (Å²) in [4.78, 5) is 58.2. The number of hydrogen-bond acceptors (Lipinski definition) is 8. The fourth-order valence-electron chi connectivity index (χ4n) is 5.76. The van der Waals surface area contributed by atoms with Gasteiger partial charge in [-0.2, -0.15) is 0 Å². The molecule has 11 heteroatoms. The summed E-state index contributed by atoms with van der Waals surface area (Å²) in [6.07, 6.45) is 5.49. The molecule has 2 aromatic rings. The summed E-state index contributed by atoms with van der Waals surface area (Å²) >= 11 is 1.43. The molecule has 0 aliphatic rings. The van der Waals surface area contributed by atoms with E-state index in [0.717, 1.165) is 36.4 Å². The van der Waals surface area contributed by atoms with Crippen LogP contribution in [0.25, 0.3) is 0 Å². The van der Waals surface area contributed by atoms with Crippen molar-refractivity contribution in [1.29, 1.82) is 0 Å². The van der Waals surface area contributed by atoms with Gasteiger partial charge in [0.25, 0.3) is 5.91 Å². The van der Waals surface area contributed by atoms with Gasteiger partial charge in [-0.05, 0) is 63.1 Å². The number of methoxy groups -OCH3 is 1. The van der Waals surface area contributed by atoms with Gasteiger partial charge < -0.3 is 25.6 Å². The molecule has 0 unspecified atom stereocenters. The van der Waals surface area contributed by atoms with E-state index in [9.17, 15) is 19.2 Å². The van der Waals surface area contributed by atoms with Gasteiger partial charge in [0.05, 0.1) is 18.0 Å². The number of aryl methyl sites for hydroxylation is 1. The molecule has 0 fully saturated rings. The van der Waals surface area contributed by atoms with Crippen LogP contribution in [0.2, 0.25) is 0 Å². The molecule has 262 valence electrons. The number of carbonyl (C=O) groups excluding carboxylic acids is 4. The molecule has 0 saturated heterocycles. The number of aromatic nitrogens is 1. The van der Waals surface area contributed by atoms with E-state index in [1.165, 1.54) is 18.4 Å². The highest BCUT2D eigenvalue weighted by Crippen LogP contribution is 2.21. The van der Waals surface area contributed by atoms with Crippen molar-refractivity contribution in [2.75, 3.05) is 27.7 Å². The van der Waals surface area contributed by atoms with Gasteiger partial charge in [0.15, 0.2) is 0 Å². The van der Waals surface area contributed by atoms with E-state index in [4.69, 9.17) is 4.74 Å². The fourth-order valence-corrected chi connectivity index (χ4v) is 6.55. The third-order valence-corrected chi connectivity index (χ3v) is 9.44. The average molecular weight is 672 g/mol. The van der Waals surface area contributed by atoms with E-state index >= 15 is 0 Å². The normalized spacial score (nSPS) is 13.9. The van der Waals surface area contributed by atoms with Crippen molar-refractivity contribution in [3.8, 4) is 0 Å². The van der Waals surface area contributed by atoms with Crippen molar-refractivity contribution in [1.82, 2.24) is 25.8 Å². The number of nitrogens with zero attached hydrogens (tertiary/aromatic N) is 2. The van der Waals surface area contributed by atoms with Crippen LogP contribution >= 0.6 is 11.3 Å². The lowest BCUT2D eigenvalue weighted by molar-refractivity contribution is -0.145. The molecule has 0 aliphatic heterocycles. The lowest BCUT2D eigenvalue weighted by atomic mass is 9.95. The third kappa shape index (κ3) is 13.8. The number of nitrogens with one attached hydrogen (secondary N) is 3. The standard InChI is InChI=1S/C36H57N5O5S/c1-24(2)30(41(7)35(44)33(25(3)4)40-31(42)17-13-10-14-20-37-6)18-19-32-39-29(23-47-32)34(43)38-28(21-26(5)36(45)46-8)22-27-15-11-9-12-16-27/h9,11-12,15-16,23-26,28,30,33,37H,10,13-14,17-22H2,1-8H3,(H,38,43)(H,40,42)/t26-,28+,30+,33-/m0/s1. The van der Waals surface area contributed by atoms with E-state index in [-0.39, 0.29) is 53.5 Å². The second kappa shape index (κ2) is 20.8. The minimum atomic E-state index is -0.591. The van der Waals surface area contributed by atoms with E-state index in [2.05, 4.69) is 34.8 Å². The van der Waals surface area contributed by atoms with Gasteiger partial charge in [-0.25, -0.2) is 4.98 Å². The topological polar surface area (TPSA) is 130 Å². The number of unbranched alkanes of at least 4 members (excludes halogenated alkanes) is 2. The SMILES string of the molecule is CNCCCCCC(=O)N[C@H](C(=O)N(C)[C@H](CCc1nc(C(=O)N[C@@H](Cc2ccccc2)C[C@H](C)C(=O)OC)cs1)C(C)C)C(C)C. The molecule has 0 radical (unpaired) electrons. The molecular weight excluding hydrogens is 614 g/mol. The molecule has 0 bridgehead atoms. The number of rotatable bonds is 21. The van der Waals surface area contributed by atoms with Gasteiger partial charge in [-0.1, -0.05) is 71.4 Å². The van der Waals surface area contributed by atoms with Gasteiger partial charge >= 0.3 is 5.97 Å². The Morgan fingerprint density at radius 1 is 0.957 bits per heavy atom. The molecule has 1 aromatic carbocycles. The maximum absolute atomic E-state index is 13.7. The Morgan fingerprint density at radius 3 is 2.28 bits per heavy atom. The Balaban J connectivity index is 2.03. The van der Waals surface area contributed by atoms with E-state index in [1.54, 1.807) is 17.2 Å². The summed E-state index contributed by atoms with van der Waals surface area (Å²) in [6, 6.07) is 8.91. The van der Waals surface area contributed by atoms with Crippen molar-refractivity contribution in [3.05, 3.63) is 52.0 Å². The van der Waals surface area contributed by atoms with Crippen LogP contribution in [-0.4, -0.2) is 79.5 Å². The molecular formula is C36H57N5O5S. The van der Waals surface area contributed by atoms with E-state index in [0.29, 0.717) is 37.8 Å². The van der Waals surface area contributed by atoms with Crippen LogP contribution in [-0.2, 0) is 32.0 Å². The van der Waals surface area contributed by atoms with E-state index in [1.807, 2.05) is 58.3 Å². The first-order valence-electron chi connectivity index (χ1n) is 16.9. The summed E-state index contributed by atoms with van der Waals surface area (Å²) in [5.41, 5.74) is 1.40. The second-order valence-corrected chi connectivity index (χ2v) is 14.1. The molecule has 10 nitrogen and oxygen atoms in total. The van der Waals surface area contributed by atoms with Crippen LogP contribution in [0, 0.1) is 17.8 Å². The van der Waals surface area contributed by atoms with Crippen LogP contribution in [0.3, 0.4) is 0 Å². The van der Waals surface area contributed by atoms with Crippen LogP contribution in [0.5, 0.6) is 0 Å². The molecule has 1 aromatic heterocycles. The predicted molar refractivity (Wildman–Crippen MR) is 188 cm³/mol. The molecule has 3 N–H and O–H groups in total. The first-order valence-corrected chi connectivity index (χ1v) is 17.8. The van der Waals surface area contributed by atoms with E-state index < -0.39 is 6.04 Å². The zero-order chi connectivity index (χ0) is 34.9. The number of esters is 1. The average Bonchev–Trinajstić information content (AvgIpc) is 3.52. The molecule has 47 heavy (non-hydrogen) atoms. The Labute approximate surface area is 285 Å². The number of benzene rings is 1. The lowest BCUT2D eigenvalue weighted by Crippen LogP contribution is -2.53. The number of likely N-dealkylation sites (N-methyl/N-ethyl adjacent to an activating group) is 1. The van der Waals surface area contributed by atoms with Crippen molar-refractivity contribution in [2.24, 2.45) is 17.8 Å². The first kappa shape index (κ1) is 39.9. The Bertz CT molecular complexity index is 1250. The highest BCUT2D eigenvalue weighted by Gasteiger charge is 2.32. The smallest absolute Gasteiger partial charge is 0.308 e. The largest absolute Gasteiger partial charge is 0.469 e. The molecule has 0 spiro atoms. The van der Waals surface area contributed by atoms with Gasteiger partial charge in [0.1, 0.15) is 11.7 Å². The molecule has 3 amide bonds. The number of hydrogen-bond donors (Lipinski definition) is 3. The molecule has 0 aliphatic carbocycles. The molecule has 4 atom stereocenters. The van der Waals surface area contributed by atoms with Crippen molar-refractivity contribution in [3.63, 3.8) is 0 Å². The number of thiazole rings is 1. The minimum Gasteiger partial charge on any atom is -0.469 e.